The monoisotopic (exact) mass is 353 g/mol. The van der Waals surface area contributed by atoms with E-state index in [1.54, 1.807) is 18.2 Å². The van der Waals surface area contributed by atoms with E-state index in [9.17, 15) is 4.39 Å². The van der Waals surface area contributed by atoms with Crippen LogP contribution in [0.2, 0.25) is 0 Å². The lowest BCUT2D eigenvalue weighted by Crippen LogP contribution is -2.46. The van der Waals surface area contributed by atoms with Gasteiger partial charge in [-0.2, -0.15) is 0 Å². The van der Waals surface area contributed by atoms with E-state index in [1.165, 1.54) is 6.07 Å². The Morgan fingerprint density at radius 2 is 1.86 bits per heavy atom. The molecule has 1 fully saturated rings. The number of halogens is 3. The molecule has 1 aliphatic heterocycles. The summed E-state index contributed by atoms with van der Waals surface area (Å²) in [4.78, 5) is 4.69. The van der Waals surface area contributed by atoms with Crippen molar-refractivity contribution >= 4 is 24.8 Å². The maximum atomic E-state index is 13.4. The molecule has 0 unspecified atom stereocenters. The van der Waals surface area contributed by atoms with Crippen molar-refractivity contribution in [2.45, 2.75) is 0 Å². The number of hydrogen-bond donors (Lipinski definition) is 1. The van der Waals surface area contributed by atoms with E-state index in [2.05, 4.69) is 22.2 Å². The molecule has 4 nitrogen and oxygen atoms in total. The molecular formula is C15H26Cl2FN3O. The molecule has 0 atom stereocenters. The number of likely N-dealkylation sites (N-methyl/N-ethyl adjacent to an activating group) is 1. The summed E-state index contributed by atoms with van der Waals surface area (Å²) in [6.07, 6.45) is 0. The lowest BCUT2D eigenvalue weighted by Gasteiger charge is -2.29. The number of para-hydroxylation sites is 1. The highest BCUT2D eigenvalue weighted by atomic mass is 35.5. The number of nitrogens with zero attached hydrogens (tertiary/aromatic N) is 2. The van der Waals surface area contributed by atoms with Gasteiger partial charge in [-0.25, -0.2) is 4.39 Å². The molecule has 1 aromatic rings. The summed E-state index contributed by atoms with van der Waals surface area (Å²) in [6.45, 7) is 7.83. The van der Waals surface area contributed by atoms with Crippen molar-refractivity contribution in [1.82, 2.24) is 15.1 Å². The first-order valence-corrected chi connectivity index (χ1v) is 7.24. The van der Waals surface area contributed by atoms with Crippen LogP contribution in [-0.4, -0.2) is 69.3 Å². The molecule has 0 aliphatic carbocycles. The zero-order valence-electron chi connectivity index (χ0n) is 13.0. The van der Waals surface area contributed by atoms with Crippen LogP contribution in [0, 0.1) is 5.82 Å². The zero-order chi connectivity index (χ0) is 14.2. The van der Waals surface area contributed by atoms with Crippen LogP contribution >= 0.6 is 24.8 Å². The van der Waals surface area contributed by atoms with Crippen molar-refractivity contribution in [3.05, 3.63) is 30.1 Å². The molecule has 0 bridgehead atoms. The minimum absolute atomic E-state index is 0. The Bertz CT molecular complexity index is 406. The fraction of sp³-hybridized carbons (Fsp3) is 0.600. The van der Waals surface area contributed by atoms with E-state index in [-0.39, 0.29) is 30.6 Å². The van der Waals surface area contributed by atoms with Gasteiger partial charge >= 0.3 is 0 Å². The predicted molar refractivity (Wildman–Crippen MR) is 93.2 cm³/mol. The van der Waals surface area contributed by atoms with Gasteiger partial charge < -0.3 is 15.0 Å². The fourth-order valence-corrected chi connectivity index (χ4v) is 2.23. The second kappa shape index (κ2) is 11.9. The average molecular weight is 354 g/mol. The van der Waals surface area contributed by atoms with E-state index in [1.807, 2.05) is 0 Å². The molecular weight excluding hydrogens is 328 g/mol. The van der Waals surface area contributed by atoms with Gasteiger partial charge in [-0.1, -0.05) is 12.1 Å². The van der Waals surface area contributed by atoms with E-state index in [0.29, 0.717) is 12.4 Å². The average Bonchev–Trinajstić information content (AvgIpc) is 2.48. The minimum Gasteiger partial charge on any atom is -0.489 e. The molecule has 1 saturated heterocycles. The van der Waals surface area contributed by atoms with Gasteiger partial charge in [-0.05, 0) is 19.2 Å². The first-order valence-electron chi connectivity index (χ1n) is 7.24. The molecule has 0 amide bonds. The topological polar surface area (TPSA) is 27.7 Å². The van der Waals surface area contributed by atoms with E-state index in [0.717, 1.165) is 45.8 Å². The molecule has 128 valence electrons. The summed E-state index contributed by atoms with van der Waals surface area (Å²) >= 11 is 0. The number of rotatable bonds is 7. The highest BCUT2D eigenvalue weighted by Crippen LogP contribution is 2.14. The van der Waals surface area contributed by atoms with Gasteiger partial charge in [-0.3, -0.25) is 4.90 Å². The lowest BCUT2D eigenvalue weighted by atomic mass is 10.3. The smallest absolute Gasteiger partial charge is 0.165 e. The summed E-state index contributed by atoms with van der Waals surface area (Å²) in [5.41, 5.74) is 0. The van der Waals surface area contributed by atoms with Crippen molar-refractivity contribution < 1.29 is 9.13 Å². The number of piperazine rings is 1. The van der Waals surface area contributed by atoms with Gasteiger partial charge in [0.25, 0.3) is 0 Å². The number of hydrogen-bond acceptors (Lipinski definition) is 4. The number of benzene rings is 1. The molecule has 2 rings (SSSR count). The molecule has 1 aromatic carbocycles. The van der Waals surface area contributed by atoms with Crippen molar-refractivity contribution in [3.8, 4) is 5.75 Å². The Balaban J connectivity index is 0.00000220. The van der Waals surface area contributed by atoms with Crippen LogP contribution in [0.5, 0.6) is 5.75 Å². The van der Waals surface area contributed by atoms with Crippen molar-refractivity contribution in [2.75, 3.05) is 59.5 Å². The number of nitrogens with one attached hydrogen (secondary N) is 1. The Morgan fingerprint density at radius 1 is 1.18 bits per heavy atom. The Morgan fingerprint density at radius 3 is 2.55 bits per heavy atom. The number of ether oxygens (including phenoxy) is 1. The van der Waals surface area contributed by atoms with Crippen molar-refractivity contribution in [2.24, 2.45) is 0 Å². The fourth-order valence-electron chi connectivity index (χ4n) is 2.23. The van der Waals surface area contributed by atoms with Crippen molar-refractivity contribution in [3.63, 3.8) is 0 Å². The van der Waals surface area contributed by atoms with E-state index in [4.69, 9.17) is 4.74 Å². The van der Waals surface area contributed by atoms with Crippen LogP contribution in [0.25, 0.3) is 0 Å². The van der Waals surface area contributed by atoms with Gasteiger partial charge in [0.15, 0.2) is 11.6 Å². The summed E-state index contributed by atoms with van der Waals surface area (Å²) < 4.78 is 18.8. The first-order chi connectivity index (χ1) is 9.75. The summed E-state index contributed by atoms with van der Waals surface area (Å²) in [6, 6.07) is 6.54. The van der Waals surface area contributed by atoms with E-state index < -0.39 is 0 Å². The molecule has 0 aromatic heterocycles. The van der Waals surface area contributed by atoms with Crippen LogP contribution in [0.1, 0.15) is 0 Å². The third kappa shape index (κ3) is 7.61. The molecule has 7 heteroatoms. The normalized spacial score (nSPS) is 15.0. The molecule has 0 spiro atoms. The van der Waals surface area contributed by atoms with Crippen LogP contribution < -0.4 is 10.1 Å². The SMILES string of the molecule is CN(CCOc1ccccc1F)CCN1CCNCC1.Cl.Cl. The third-order valence-corrected chi connectivity index (χ3v) is 3.57. The quantitative estimate of drug-likeness (QED) is 0.809. The van der Waals surface area contributed by atoms with Gasteiger partial charge in [0.1, 0.15) is 6.61 Å². The Labute approximate surface area is 144 Å². The minimum atomic E-state index is -0.295. The van der Waals surface area contributed by atoms with Gasteiger partial charge in [0.05, 0.1) is 0 Å². The molecule has 1 heterocycles. The lowest BCUT2D eigenvalue weighted by molar-refractivity contribution is 0.185. The van der Waals surface area contributed by atoms with Crippen molar-refractivity contribution in [1.29, 1.82) is 0 Å². The standard InChI is InChI=1S/C15H24FN3O.2ClH/c1-18(10-11-19-8-6-17-7-9-19)12-13-20-15-5-3-2-4-14(15)16;;/h2-5,17H,6-13H2,1H3;2*1H. The molecule has 1 aliphatic rings. The molecule has 0 radical (unpaired) electrons. The maximum Gasteiger partial charge on any atom is 0.165 e. The molecule has 0 saturated carbocycles. The summed E-state index contributed by atoms with van der Waals surface area (Å²) in [5, 5.41) is 3.35. The Kier molecular flexibility index (Phi) is 11.6. The second-order valence-corrected chi connectivity index (χ2v) is 5.17. The Hall–Kier alpha value is -0.590. The largest absolute Gasteiger partial charge is 0.489 e. The predicted octanol–water partition coefficient (Wildman–Crippen LogP) is 1.89. The van der Waals surface area contributed by atoms with Crippen LogP contribution in [-0.2, 0) is 0 Å². The third-order valence-electron chi connectivity index (χ3n) is 3.57. The van der Waals surface area contributed by atoms with Gasteiger partial charge in [0, 0.05) is 45.8 Å². The highest BCUT2D eigenvalue weighted by Gasteiger charge is 2.10. The van der Waals surface area contributed by atoms with Crippen LogP contribution in [0.4, 0.5) is 4.39 Å². The summed E-state index contributed by atoms with van der Waals surface area (Å²) in [5.74, 6) is 0.0407. The van der Waals surface area contributed by atoms with E-state index >= 15 is 0 Å². The summed E-state index contributed by atoms with van der Waals surface area (Å²) in [7, 11) is 2.08. The van der Waals surface area contributed by atoms with Gasteiger partial charge in [0.2, 0.25) is 0 Å². The van der Waals surface area contributed by atoms with Gasteiger partial charge in [-0.15, -0.1) is 24.8 Å². The molecule has 1 N–H and O–H groups in total. The van der Waals surface area contributed by atoms with Crippen LogP contribution in [0.15, 0.2) is 24.3 Å². The maximum absolute atomic E-state index is 13.4. The highest BCUT2D eigenvalue weighted by molar-refractivity contribution is 5.85. The second-order valence-electron chi connectivity index (χ2n) is 5.17. The first kappa shape index (κ1) is 21.4. The molecule has 22 heavy (non-hydrogen) atoms. The van der Waals surface area contributed by atoms with Crippen LogP contribution in [0.3, 0.4) is 0 Å². The zero-order valence-corrected chi connectivity index (χ0v) is 14.6.